The minimum Gasteiger partial charge on any atom is -0.383 e. The van der Waals surface area contributed by atoms with Gasteiger partial charge in [0.25, 0.3) is 0 Å². The zero-order valence-corrected chi connectivity index (χ0v) is 12.8. The van der Waals surface area contributed by atoms with E-state index in [1.54, 1.807) is 13.1 Å². The highest BCUT2D eigenvalue weighted by atomic mass is 32.2. The topological polar surface area (TPSA) is 79.5 Å². The van der Waals surface area contributed by atoms with E-state index < -0.39 is 10.0 Å². The fourth-order valence-electron chi connectivity index (χ4n) is 2.70. The first kappa shape index (κ1) is 15.2. The largest absolute Gasteiger partial charge is 0.383 e. The molecule has 2 rings (SSSR count). The van der Waals surface area contributed by atoms with Gasteiger partial charge in [0.1, 0.15) is 10.7 Å². The number of rotatable bonds is 5. The fourth-order valence-corrected chi connectivity index (χ4v) is 3.97. The number of pyridine rings is 1. The number of anilines is 1. The molecule has 0 saturated carbocycles. The van der Waals surface area contributed by atoms with Gasteiger partial charge in [-0.1, -0.05) is 6.92 Å². The second-order valence-corrected chi connectivity index (χ2v) is 7.11. The van der Waals surface area contributed by atoms with E-state index in [1.165, 1.54) is 16.6 Å². The molecule has 20 heavy (non-hydrogen) atoms. The molecule has 6 nitrogen and oxygen atoms in total. The van der Waals surface area contributed by atoms with Gasteiger partial charge in [-0.05, 0) is 38.1 Å². The molecule has 2 heterocycles. The minimum atomic E-state index is -3.57. The molecular weight excluding hydrogens is 276 g/mol. The number of likely N-dealkylation sites (N-methyl/N-ethyl adjacent to an activating group) is 2. The van der Waals surface area contributed by atoms with E-state index in [1.807, 2.05) is 0 Å². The Kier molecular flexibility index (Phi) is 4.62. The maximum absolute atomic E-state index is 12.5. The van der Waals surface area contributed by atoms with Gasteiger partial charge in [0.15, 0.2) is 0 Å². The van der Waals surface area contributed by atoms with E-state index in [0.717, 1.165) is 25.9 Å². The zero-order valence-electron chi connectivity index (χ0n) is 12.0. The van der Waals surface area contributed by atoms with Crippen molar-refractivity contribution < 1.29 is 8.42 Å². The van der Waals surface area contributed by atoms with Crippen LogP contribution in [0.25, 0.3) is 0 Å². The Morgan fingerprint density at radius 3 is 2.95 bits per heavy atom. The molecule has 1 aromatic rings. The number of nitrogens with two attached hydrogens (primary N) is 1. The predicted octanol–water partition coefficient (Wildman–Crippen LogP) is 0.769. The highest BCUT2D eigenvalue weighted by molar-refractivity contribution is 7.89. The van der Waals surface area contributed by atoms with Crippen molar-refractivity contribution in [3.63, 3.8) is 0 Å². The summed E-state index contributed by atoms with van der Waals surface area (Å²) in [6, 6.07) is 3.38. The highest BCUT2D eigenvalue weighted by Gasteiger charge is 2.30. The maximum atomic E-state index is 12.5. The Morgan fingerprint density at radius 2 is 2.30 bits per heavy atom. The van der Waals surface area contributed by atoms with Gasteiger partial charge >= 0.3 is 0 Å². The van der Waals surface area contributed by atoms with Crippen LogP contribution in [-0.2, 0) is 10.0 Å². The van der Waals surface area contributed by atoms with Crippen molar-refractivity contribution in [3.05, 3.63) is 18.3 Å². The van der Waals surface area contributed by atoms with Crippen LogP contribution < -0.4 is 5.73 Å². The Morgan fingerprint density at radius 1 is 1.55 bits per heavy atom. The van der Waals surface area contributed by atoms with Gasteiger partial charge in [0.05, 0.1) is 0 Å². The summed E-state index contributed by atoms with van der Waals surface area (Å²) < 4.78 is 26.4. The van der Waals surface area contributed by atoms with Gasteiger partial charge in [-0.15, -0.1) is 0 Å². The molecule has 0 spiro atoms. The van der Waals surface area contributed by atoms with E-state index in [0.29, 0.717) is 6.54 Å². The molecule has 0 aliphatic carbocycles. The molecule has 1 aliphatic rings. The molecule has 2 N–H and O–H groups in total. The van der Waals surface area contributed by atoms with Gasteiger partial charge < -0.3 is 5.73 Å². The number of sulfonamides is 1. The van der Waals surface area contributed by atoms with Crippen LogP contribution >= 0.6 is 0 Å². The average Bonchev–Trinajstić information content (AvgIpc) is 2.86. The zero-order chi connectivity index (χ0) is 14.8. The molecule has 0 radical (unpaired) electrons. The van der Waals surface area contributed by atoms with E-state index in [9.17, 15) is 8.42 Å². The molecule has 1 fully saturated rings. The van der Waals surface area contributed by atoms with Crippen LogP contribution in [0.4, 0.5) is 5.82 Å². The average molecular weight is 298 g/mol. The lowest BCUT2D eigenvalue weighted by atomic mass is 10.2. The summed E-state index contributed by atoms with van der Waals surface area (Å²) in [6.45, 7) is 4.59. The molecular formula is C13H22N4O2S. The van der Waals surface area contributed by atoms with E-state index in [4.69, 9.17) is 5.73 Å². The monoisotopic (exact) mass is 298 g/mol. The van der Waals surface area contributed by atoms with Crippen molar-refractivity contribution in [2.45, 2.75) is 30.7 Å². The summed E-state index contributed by atoms with van der Waals surface area (Å²) in [7, 11) is -1.96. The summed E-state index contributed by atoms with van der Waals surface area (Å²) in [5, 5.41) is 0. The second-order valence-electron chi connectivity index (χ2n) is 5.10. The number of hydrogen-bond donors (Lipinski definition) is 1. The third-order valence-electron chi connectivity index (χ3n) is 3.86. The van der Waals surface area contributed by atoms with Crippen molar-refractivity contribution in [2.75, 3.05) is 32.4 Å². The number of aromatic nitrogens is 1. The number of likely N-dealkylation sites (tertiary alicyclic amines) is 1. The Balaban J connectivity index is 2.16. The lowest BCUT2D eigenvalue weighted by molar-refractivity contribution is 0.238. The predicted molar refractivity (Wildman–Crippen MR) is 78.7 cm³/mol. The first-order valence-corrected chi connectivity index (χ1v) is 8.31. The third kappa shape index (κ3) is 2.94. The quantitative estimate of drug-likeness (QED) is 0.868. The molecule has 112 valence electrons. The summed E-state index contributed by atoms with van der Waals surface area (Å²) in [4.78, 5) is 6.26. The van der Waals surface area contributed by atoms with E-state index in [2.05, 4.69) is 16.8 Å². The van der Waals surface area contributed by atoms with Crippen molar-refractivity contribution in [2.24, 2.45) is 0 Å². The van der Waals surface area contributed by atoms with Gasteiger partial charge in [0, 0.05) is 25.8 Å². The molecule has 0 bridgehead atoms. The lowest BCUT2D eigenvalue weighted by Crippen LogP contribution is -2.41. The summed E-state index contributed by atoms with van der Waals surface area (Å²) >= 11 is 0. The van der Waals surface area contributed by atoms with E-state index >= 15 is 0 Å². The molecule has 1 saturated heterocycles. The Hall–Kier alpha value is -1.18. The third-order valence-corrected chi connectivity index (χ3v) is 5.73. The lowest BCUT2D eigenvalue weighted by Gasteiger charge is -2.27. The van der Waals surface area contributed by atoms with Crippen LogP contribution in [0.2, 0.25) is 0 Å². The minimum absolute atomic E-state index is 0.0538. The standard InChI is InChI=1S/C13H22N4O2S/c1-3-17-9-5-6-11(17)10-16(2)20(18,19)12-7-4-8-15-13(12)14/h4,7-8,11H,3,5-6,9-10H2,1-2H3,(H2,14,15). The van der Waals surface area contributed by atoms with Crippen molar-refractivity contribution >= 4 is 15.8 Å². The highest BCUT2D eigenvalue weighted by Crippen LogP contribution is 2.22. The fraction of sp³-hybridized carbons (Fsp3) is 0.615. The maximum Gasteiger partial charge on any atom is 0.246 e. The second kappa shape index (κ2) is 6.07. The van der Waals surface area contributed by atoms with Gasteiger partial charge in [0.2, 0.25) is 10.0 Å². The summed E-state index contributed by atoms with van der Waals surface area (Å²) in [6.07, 6.45) is 3.65. The number of nitrogens with zero attached hydrogens (tertiary/aromatic N) is 3. The molecule has 0 aromatic carbocycles. The molecule has 1 unspecified atom stereocenters. The normalized spacial score (nSPS) is 20.6. The first-order valence-electron chi connectivity index (χ1n) is 6.87. The summed E-state index contributed by atoms with van der Waals surface area (Å²) in [5.74, 6) is 0.0538. The molecule has 7 heteroatoms. The van der Waals surface area contributed by atoms with Gasteiger partial charge in [-0.25, -0.2) is 13.4 Å². The van der Waals surface area contributed by atoms with Crippen molar-refractivity contribution in [1.29, 1.82) is 0 Å². The van der Waals surface area contributed by atoms with Crippen LogP contribution in [0.15, 0.2) is 23.2 Å². The molecule has 0 amide bonds. The SMILES string of the molecule is CCN1CCCC1CN(C)S(=O)(=O)c1cccnc1N. The van der Waals surface area contributed by atoms with Gasteiger partial charge in [-0.2, -0.15) is 4.31 Å². The van der Waals surface area contributed by atoms with E-state index in [-0.39, 0.29) is 16.8 Å². The van der Waals surface area contributed by atoms with Crippen LogP contribution in [0.1, 0.15) is 19.8 Å². The number of nitrogen functional groups attached to an aromatic ring is 1. The molecule has 1 aromatic heterocycles. The first-order chi connectivity index (χ1) is 9.46. The van der Waals surface area contributed by atoms with Crippen LogP contribution in [0.5, 0.6) is 0 Å². The molecule has 1 aliphatic heterocycles. The molecule has 1 atom stereocenters. The van der Waals surface area contributed by atoms with Crippen LogP contribution in [-0.4, -0.2) is 55.3 Å². The van der Waals surface area contributed by atoms with Gasteiger partial charge in [-0.3, -0.25) is 4.90 Å². The Labute approximate surface area is 120 Å². The van der Waals surface area contributed by atoms with Crippen LogP contribution in [0, 0.1) is 0 Å². The smallest absolute Gasteiger partial charge is 0.246 e. The summed E-state index contributed by atoms with van der Waals surface area (Å²) in [5.41, 5.74) is 5.68. The number of hydrogen-bond acceptors (Lipinski definition) is 5. The van der Waals surface area contributed by atoms with Crippen LogP contribution in [0.3, 0.4) is 0 Å². The Bertz CT molecular complexity index is 561. The van der Waals surface area contributed by atoms with Crippen molar-refractivity contribution in [3.8, 4) is 0 Å². The van der Waals surface area contributed by atoms with Crippen molar-refractivity contribution in [1.82, 2.24) is 14.2 Å².